The van der Waals surface area contributed by atoms with Crippen molar-refractivity contribution in [1.82, 2.24) is 15.0 Å². The number of hydrogen-bond acceptors (Lipinski definition) is 5. The zero-order valence-corrected chi connectivity index (χ0v) is 12.9. The summed E-state index contributed by atoms with van der Waals surface area (Å²) >= 11 is 0. The van der Waals surface area contributed by atoms with Crippen LogP contribution in [0.25, 0.3) is 22.7 Å². The number of aryl methyl sites for hydroxylation is 1. The van der Waals surface area contributed by atoms with Crippen LogP contribution in [0.1, 0.15) is 12.5 Å². The third kappa shape index (κ3) is 2.31. The van der Waals surface area contributed by atoms with Crippen LogP contribution in [0, 0.1) is 12.1 Å². The lowest BCUT2D eigenvalue weighted by Crippen LogP contribution is -2.27. The maximum Gasteiger partial charge on any atom is 0.310 e. The number of H-pyrrole nitrogens is 1. The van der Waals surface area contributed by atoms with Crippen molar-refractivity contribution in [2.24, 2.45) is 0 Å². The third-order valence-electron chi connectivity index (χ3n) is 3.33. The van der Waals surface area contributed by atoms with Crippen molar-refractivity contribution in [2.75, 3.05) is 5.75 Å². The van der Waals surface area contributed by atoms with Crippen LogP contribution >= 0.6 is 0 Å². The molecule has 0 fully saturated rings. The summed E-state index contributed by atoms with van der Waals surface area (Å²) in [6.45, 7) is 3.36. The van der Waals surface area contributed by atoms with Crippen LogP contribution in [0.5, 0.6) is 0 Å². The summed E-state index contributed by atoms with van der Waals surface area (Å²) in [6, 6.07) is 4.80. The SMILES string of the molecule is CCS(=O)(=O)c1cccnc1-c1nc2cc(C)c[n+]([O-])c2[nH]1. The minimum atomic E-state index is -3.44. The van der Waals surface area contributed by atoms with Crippen molar-refractivity contribution in [3.05, 3.63) is 41.4 Å². The molecule has 3 heterocycles. The average Bonchev–Trinajstić information content (AvgIpc) is 2.91. The highest BCUT2D eigenvalue weighted by Gasteiger charge is 2.23. The second-order valence-electron chi connectivity index (χ2n) is 4.92. The smallest absolute Gasteiger partial charge is 0.310 e. The Bertz CT molecular complexity index is 963. The quantitative estimate of drug-likeness (QED) is 0.580. The summed E-state index contributed by atoms with van der Waals surface area (Å²) in [6.07, 6.45) is 2.92. The van der Waals surface area contributed by atoms with E-state index in [1.165, 1.54) is 18.5 Å². The summed E-state index contributed by atoms with van der Waals surface area (Å²) in [4.78, 5) is 11.4. The van der Waals surface area contributed by atoms with Gasteiger partial charge in [-0.05, 0) is 30.7 Å². The Morgan fingerprint density at radius 2 is 2.18 bits per heavy atom. The van der Waals surface area contributed by atoms with E-state index >= 15 is 0 Å². The second-order valence-corrected chi connectivity index (χ2v) is 7.16. The molecule has 0 aliphatic heterocycles. The van der Waals surface area contributed by atoms with Crippen LogP contribution in [0.15, 0.2) is 35.5 Å². The topological polar surface area (TPSA) is 103 Å². The highest BCUT2D eigenvalue weighted by molar-refractivity contribution is 7.91. The Morgan fingerprint density at radius 1 is 1.41 bits per heavy atom. The lowest BCUT2D eigenvalue weighted by Gasteiger charge is -2.04. The maximum atomic E-state index is 12.2. The Morgan fingerprint density at radius 3 is 2.91 bits per heavy atom. The van der Waals surface area contributed by atoms with E-state index < -0.39 is 9.84 Å². The van der Waals surface area contributed by atoms with Gasteiger partial charge in [-0.3, -0.25) is 0 Å². The highest BCUT2D eigenvalue weighted by atomic mass is 32.2. The molecule has 0 bridgehead atoms. The summed E-state index contributed by atoms with van der Waals surface area (Å²) in [5.74, 6) is 0.227. The molecule has 0 saturated heterocycles. The van der Waals surface area contributed by atoms with E-state index in [4.69, 9.17) is 0 Å². The van der Waals surface area contributed by atoms with Crippen molar-refractivity contribution in [2.45, 2.75) is 18.7 Å². The van der Waals surface area contributed by atoms with Gasteiger partial charge in [-0.25, -0.2) is 23.1 Å². The van der Waals surface area contributed by atoms with Gasteiger partial charge >= 0.3 is 5.65 Å². The molecule has 22 heavy (non-hydrogen) atoms. The normalized spacial score (nSPS) is 11.9. The van der Waals surface area contributed by atoms with Crippen molar-refractivity contribution < 1.29 is 13.1 Å². The van der Waals surface area contributed by atoms with Gasteiger partial charge in [0.1, 0.15) is 5.69 Å². The van der Waals surface area contributed by atoms with E-state index in [0.29, 0.717) is 10.2 Å². The largest absolute Gasteiger partial charge is 0.711 e. The van der Waals surface area contributed by atoms with Gasteiger partial charge in [0.15, 0.2) is 15.4 Å². The molecule has 0 amide bonds. The van der Waals surface area contributed by atoms with Crippen molar-refractivity contribution in [3.63, 3.8) is 0 Å². The second kappa shape index (κ2) is 5.06. The zero-order chi connectivity index (χ0) is 15.9. The van der Waals surface area contributed by atoms with Gasteiger partial charge in [-0.15, -0.1) is 0 Å². The van der Waals surface area contributed by atoms with Crippen LogP contribution in [-0.4, -0.2) is 29.1 Å². The monoisotopic (exact) mass is 318 g/mol. The van der Waals surface area contributed by atoms with Gasteiger partial charge in [-0.2, -0.15) is 4.98 Å². The fourth-order valence-electron chi connectivity index (χ4n) is 2.24. The van der Waals surface area contributed by atoms with Crippen LogP contribution in [0.3, 0.4) is 0 Å². The van der Waals surface area contributed by atoms with Gasteiger partial charge in [0, 0.05) is 6.20 Å². The Hall–Kier alpha value is -2.48. The van der Waals surface area contributed by atoms with Gasteiger partial charge in [0.25, 0.3) is 0 Å². The lowest BCUT2D eigenvalue weighted by atomic mass is 10.3. The van der Waals surface area contributed by atoms with Gasteiger partial charge in [0.2, 0.25) is 5.82 Å². The predicted octanol–water partition coefficient (Wildman–Crippen LogP) is 1.36. The minimum Gasteiger partial charge on any atom is -0.711 e. The van der Waals surface area contributed by atoms with E-state index in [2.05, 4.69) is 15.0 Å². The summed E-state index contributed by atoms with van der Waals surface area (Å²) < 4.78 is 25.0. The Balaban J connectivity index is 2.27. The minimum absolute atomic E-state index is 0.0351. The predicted molar refractivity (Wildman–Crippen MR) is 80.7 cm³/mol. The molecule has 0 atom stereocenters. The molecule has 3 aromatic rings. The molecule has 0 aliphatic rings. The molecule has 0 unspecified atom stereocenters. The molecule has 0 aliphatic carbocycles. The molecular weight excluding hydrogens is 304 g/mol. The highest BCUT2D eigenvalue weighted by Crippen LogP contribution is 2.25. The number of nitrogens with zero attached hydrogens (tertiary/aromatic N) is 3. The number of hydrogen-bond donors (Lipinski definition) is 1. The maximum absolute atomic E-state index is 12.2. The fourth-order valence-corrected chi connectivity index (χ4v) is 3.28. The van der Waals surface area contributed by atoms with Gasteiger partial charge in [0.05, 0.1) is 16.8 Å². The number of nitrogens with one attached hydrogen (secondary N) is 1. The molecule has 0 spiro atoms. The van der Waals surface area contributed by atoms with E-state index in [0.717, 1.165) is 5.56 Å². The molecule has 1 N–H and O–H groups in total. The molecular formula is C14H14N4O3S. The molecule has 0 aromatic carbocycles. The van der Waals surface area contributed by atoms with E-state index in [9.17, 15) is 13.6 Å². The molecule has 114 valence electrons. The first kappa shape index (κ1) is 14.5. The number of sulfone groups is 1. The Labute approximate surface area is 127 Å². The summed E-state index contributed by atoms with van der Waals surface area (Å²) in [5.41, 5.74) is 1.72. The van der Waals surface area contributed by atoms with Crippen molar-refractivity contribution >= 4 is 21.0 Å². The summed E-state index contributed by atoms with van der Waals surface area (Å²) in [5, 5.41) is 11.9. The first-order valence-electron chi connectivity index (χ1n) is 6.70. The standard InChI is InChI=1S/C14H14N4O3S/c1-3-22(20,21)11-5-4-6-15-12(11)13-16-10-7-9(2)8-18(19)14(10)17-13/h4-8H,3H2,1-2H3,(H,16,17). The van der Waals surface area contributed by atoms with Crippen molar-refractivity contribution in [3.8, 4) is 11.5 Å². The first-order chi connectivity index (χ1) is 10.4. The molecule has 3 aromatic heterocycles. The number of rotatable bonds is 3. The number of aromatic amines is 1. The number of pyridine rings is 2. The van der Waals surface area contributed by atoms with Gasteiger partial charge < -0.3 is 5.21 Å². The van der Waals surface area contributed by atoms with Crippen LogP contribution in [0.2, 0.25) is 0 Å². The molecule has 0 saturated carbocycles. The van der Waals surface area contributed by atoms with Crippen molar-refractivity contribution in [1.29, 1.82) is 0 Å². The van der Waals surface area contributed by atoms with E-state index in [1.807, 2.05) is 0 Å². The average molecular weight is 318 g/mol. The molecule has 0 radical (unpaired) electrons. The van der Waals surface area contributed by atoms with Crippen LogP contribution < -0.4 is 4.73 Å². The molecule has 8 heteroatoms. The fraction of sp³-hybridized carbons (Fsp3) is 0.214. The van der Waals surface area contributed by atoms with Crippen LogP contribution in [-0.2, 0) is 9.84 Å². The number of fused-ring (bicyclic) bond motifs is 1. The summed E-state index contributed by atoms with van der Waals surface area (Å²) in [7, 11) is -3.44. The number of imidazole rings is 1. The molecule has 7 nitrogen and oxygen atoms in total. The van der Waals surface area contributed by atoms with E-state index in [1.54, 1.807) is 26.0 Å². The van der Waals surface area contributed by atoms with E-state index in [-0.39, 0.29) is 27.8 Å². The Kier molecular flexibility index (Phi) is 3.32. The zero-order valence-electron chi connectivity index (χ0n) is 12.1. The van der Waals surface area contributed by atoms with Crippen LogP contribution in [0.4, 0.5) is 0 Å². The number of aromatic nitrogens is 4. The van der Waals surface area contributed by atoms with Gasteiger partial charge in [-0.1, -0.05) is 6.92 Å². The molecule has 3 rings (SSSR count). The first-order valence-corrected chi connectivity index (χ1v) is 8.35. The lowest BCUT2D eigenvalue weighted by molar-refractivity contribution is -0.579. The third-order valence-corrected chi connectivity index (χ3v) is 5.09.